The second-order valence-electron chi connectivity index (χ2n) is 5.22. The van der Waals surface area contributed by atoms with Gasteiger partial charge in [-0.05, 0) is 31.5 Å². The first-order chi connectivity index (χ1) is 10.1. The summed E-state index contributed by atoms with van der Waals surface area (Å²) in [5, 5.41) is 0. The van der Waals surface area contributed by atoms with Gasteiger partial charge in [0.15, 0.2) is 0 Å². The molecule has 1 aliphatic rings. The summed E-state index contributed by atoms with van der Waals surface area (Å²) in [5.41, 5.74) is 0.907. The van der Waals surface area contributed by atoms with Crippen molar-refractivity contribution >= 4 is 10.0 Å². The molecule has 0 aliphatic carbocycles. The van der Waals surface area contributed by atoms with Gasteiger partial charge in [0.2, 0.25) is 10.0 Å². The van der Waals surface area contributed by atoms with Crippen LogP contribution in [0.1, 0.15) is 23.9 Å². The van der Waals surface area contributed by atoms with Crippen LogP contribution in [0.15, 0.2) is 47.5 Å². The summed E-state index contributed by atoms with van der Waals surface area (Å²) in [4.78, 5) is 9.03. The van der Waals surface area contributed by atoms with Crippen molar-refractivity contribution < 1.29 is 8.42 Å². The largest absolute Gasteiger partial charge is 0.243 e. The Morgan fingerprint density at radius 3 is 2.67 bits per heavy atom. The van der Waals surface area contributed by atoms with Crippen molar-refractivity contribution in [3.05, 3.63) is 54.1 Å². The molecule has 21 heavy (non-hydrogen) atoms. The fraction of sp³-hybridized carbons (Fsp3) is 0.333. The number of sulfonamides is 1. The topological polar surface area (TPSA) is 63.2 Å². The molecule has 0 radical (unpaired) electrons. The van der Waals surface area contributed by atoms with E-state index in [1.54, 1.807) is 30.5 Å². The Hall–Kier alpha value is -1.79. The van der Waals surface area contributed by atoms with Crippen LogP contribution in [0.25, 0.3) is 0 Å². The molecule has 3 rings (SSSR count). The Kier molecular flexibility index (Phi) is 3.73. The molecular formula is C15H17N3O2S. The summed E-state index contributed by atoms with van der Waals surface area (Å²) < 4.78 is 26.7. The zero-order chi connectivity index (χ0) is 14.9. The van der Waals surface area contributed by atoms with Gasteiger partial charge in [-0.25, -0.2) is 18.4 Å². The highest BCUT2D eigenvalue weighted by Crippen LogP contribution is 2.29. The number of nitrogens with zero attached hydrogens (tertiary/aromatic N) is 3. The van der Waals surface area contributed by atoms with E-state index in [4.69, 9.17) is 0 Å². The van der Waals surface area contributed by atoms with Crippen molar-refractivity contribution in [3.8, 4) is 0 Å². The predicted octanol–water partition coefficient (Wildman–Crippen LogP) is 1.96. The highest BCUT2D eigenvalue weighted by molar-refractivity contribution is 7.89. The first-order valence-electron chi connectivity index (χ1n) is 6.92. The molecule has 2 aromatic rings. The van der Waals surface area contributed by atoms with Gasteiger partial charge in [-0.1, -0.05) is 18.2 Å². The molecule has 1 aromatic carbocycles. The molecular weight excluding hydrogens is 286 g/mol. The van der Waals surface area contributed by atoms with Crippen molar-refractivity contribution in [3.63, 3.8) is 0 Å². The van der Waals surface area contributed by atoms with Crippen molar-refractivity contribution in [2.75, 3.05) is 13.1 Å². The van der Waals surface area contributed by atoms with Gasteiger partial charge in [-0.3, -0.25) is 0 Å². The van der Waals surface area contributed by atoms with Gasteiger partial charge >= 0.3 is 0 Å². The molecule has 0 amide bonds. The maximum Gasteiger partial charge on any atom is 0.243 e. The molecule has 110 valence electrons. The first-order valence-corrected chi connectivity index (χ1v) is 8.36. The third-order valence-electron chi connectivity index (χ3n) is 3.71. The van der Waals surface area contributed by atoms with Crippen LogP contribution in [0.4, 0.5) is 0 Å². The molecule has 2 heterocycles. The summed E-state index contributed by atoms with van der Waals surface area (Å²) in [5.74, 6) is 0.809. The molecule has 1 aromatic heterocycles. The molecule has 1 atom stereocenters. The standard InChI is InChI=1S/C15H17N3O2S/c1-12-7-9-16-15(17-12)13-8-10-18(11-13)21(19,20)14-5-3-2-4-6-14/h2-7,9,13H,8,10-11H2,1H3. The van der Waals surface area contributed by atoms with Crippen LogP contribution in [0.3, 0.4) is 0 Å². The van der Waals surface area contributed by atoms with E-state index in [1.807, 2.05) is 19.1 Å². The third kappa shape index (κ3) is 2.82. The van der Waals surface area contributed by atoms with E-state index in [0.29, 0.717) is 18.0 Å². The molecule has 1 unspecified atom stereocenters. The van der Waals surface area contributed by atoms with Crippen LogP contribution >= 0.6 is 0 Å². The van der Waals surface area contributed by atoms with Gasteiger partial charge in [-0.2, -0.15) is 4.31 Å². The normalized spacial score (nSPS) is 19.8. The molecule has 0 N–H and O–H groups in total. The number of rotatable bonds is 3. The van der Waals surface area contributed by atoms with E-state index < -0.39 is 10.0 Å². The third-order valence-corrected chi connectivity index (χ3v) is 5.59. The molecule has 1 aliphatic heterocycles. The lowest BCUT2D eigenvalue weighted by atomic mass is 10.1. The van der Waals surface area contributed by atoms with Gasteiger partial charge in [0.1, 0.15) is 5.82 Å². The average Bonchev–Trinajstić information content (AvgIpc) is 2.99. The number of aromatic nitrogens is 2. The smallest absolute Gasteiger partial charge is 0.241 e. The van der Waals surface area contributed by atoms with Crippen molar-refractivity contribution in [2.45, 2.75) is 24.2 Å². The average molecular weight is 303 g/mol. The molecule has 0 spiro atoms. The summed E-state index contributed by atoms with van der Waals surface area (Å²) in [7, 11) is -3.41. The van der Waals surface area contributed by atoms with Crippen molar-refractivity contribution in [1.29, 1.82) is 0 Å². The molecule has 6 heteroatoms. The minimum Gasteiger partial charge on any atom is -0.241 e. The monoisotopic (exact) mass is 303 g/mol. The lowest BCUT2D eigenvalue weighted by Gasteiger charge is -2.16. The van der Waals surface area contributed by atoms with Crippen LogP contribution in [-0.4, -0.2) is 35.8 Å². The Morgan fingerprint density at radius 1 is 1.19 bits per heavy atom. The highest BCUT2D eigenvalue weighted by atomic mass is 32.2. The molecule has 0 saturated carbocycles. The minimum atomic E-state index is -3.41. The Bertz CT molecular complexity index is 732. The van der Waals surface area contributed by atoms with Gasteiger partial charge in [-0.15, -0.1) is 0 Å². The Morgan fingerprint density at radius 2 is 1.95 bits per heavy atom. The van der Waals surface area contributed by atoms with Crippen LogP contribution in [0, 0.1) is 6.92 Å². The predicted molar refractivity (Wildman–Crippen MR) is 79.3 cm³/mol. The number of hydrogen-bond acceptors (Lipinski definition) is 4. The van der Waals surface area contributed by atoms with Crippen LogP contribution < -0.4 is 0 Å². The second kappa shape index (κ2) is 5.54. The van der Waals surface area contributed by atoms with E-state index >= 15 is 0 Å². The van der Waals surface area contributed by atoms with Crippen molar-refractivity contribution in [2.24, 2.45) is 0 Å². The second-order valence-corrected chi connectivity index (χ2v) is 7.16. The highest BCUT2D eigenvalue weighted by Gasteiger charge is 2.34. The van der Waals surface area contributed by atoms with E-state index in [2.05, 4.69) is 9.97 Å². The van der Waals surface area contributed by atoms with E-state index in [9.17, 15) is 8.42 Å². The molecule has 1 saturated heterocycles. The zero-order valence-corrected chi connectivity index (χ0v) is 12.6. The lowest BCUT2D eigenvalue weighted by molar-refractivity contribution is 0.471. The van der Waals surface area contributed by atoms with Gasteiger partial charge in [0.05, 0.1) is 4.90 Å². The fourth-order valence-corrected chi connectivity index (χ4v) is 4.09. The van der Waals surface area contributed by atoms with E-state index in [1.165, 1.54) is 4.31 Å². The van der Waals surface area contributed by atoms with Gasteiger partial charge < -0.3 is 0 Å². The SMILES string of the molecule is Cc1ccnc(C2CCN(S(=O)(=O)c3ccccc3)C2)n1. The summed E-state index contributed by atoms with van der Waals surface area (Å²) in [6, 6.07) is 10.4. The lowest BCUT2D eigenvalue weighted by Crippen LogP contribution is -2.28. The molecule has 5 nitrogen and oxygen atoms in total. The summed E-state index contributed by atoms with van der Waals surface area (Å²) >= 11 is 0. The Labute approximate surface area is 124 Å². The molecule has 0 bridgehead atoms. The Balaban J connectivity index is 1.81. The minimum absolute atomic E-state index is 0.0726. The summed E-state index contributed by atoms with van der Waals surface area (Å²) in [6.45, 7) is 2.87. The fourth-order valence-electron chi connectivity index (χ4n) is 2.56. The van der Waals surface area contributed by atoms with Crippen LogP contribution in [-0.2, 0) is 10.0 Å². The van der Waals surface area contributed by atoms with Crippen LogP contribution in [0.2, 0.25) is 0 Å². The van der Waals surface area contributed by atoms with E-state index in [0.717, 1.165) is 17.9 Å². The summed E-state index contributed by atoms with van der Waals surface area (Å²) in [6.07, 6.45) is 2.49. The van der Waals surface area contributed by atoms with Gasteiger partial charge in [0.25, 0.3) is 0 Å². The number of benzene rings is 1. The van der Waals surface area contributed by atoms with Crippen molar-refractivity contribution in [1.82, 2.24) is 14.3 Å². The van der Waals surface area contributed by atoms with Crippen LogP contribution in [0.5, 0.6) is 0 Å². The number of aryl methyl sites for hydroxylation is 1. The number of hydrogen-bond donors (Lipinski definition) is 0. The maximum atomic E-state index is 12.6. The molecule has 1 fully saturated rings. The quantitative estimate of drug-likeness (QED) is 0.869. The van der Waals surface area contributed by atoms with Gasteiger partial charge in [0, 0.05) is 30.9 Å². The maximum absolute atomic E-state index is 12.6. The van der Waals surface area contributed by atoms with E-state index in [-0.39, 0.29) is 5.92 Å². The first kappa shape index (κ1) is 14.2. The zero-order valence-electron chi connectivity index (χ0n) is 11.8.